The summed E-state index contributed by atoms with van der Waals surface area (Å²) < 4.78 is 1.74. The number of benzene rings is 2. The van der Waals surface area contributed by atoms with Gasteiger partial charge in [-0.2, -0.15) is 5.10 Å². The van der Waals surface area contributed by atoms with Gasteiger partial charge in [-0.25, -0.2) is 4.68 Å². The van der Waals surface area contributed by atoms with E-state index < -0.39 is 0 Å². The minimum absolute atomic E-state index is 0.0664. The molecule has 3 aromatic rings. The van der Waals surface area contributed by atoms with E-state index in [2.05, 4.69) is 26.1 Å². The summed E-state index contributed by atoms with van der Waals surface area (Å²) in [6, 6.07) is 16.6. The Hall–Kier alpha value is -3.12. The largest absolute Gasteiger partial charge is 0.329 e. The number of halogens is 1. The maximum atomic E-state index is 13.0. The summed E-state index contributed by atoms with van der Waals surface area (Å²) in [6.45, 7) is 10.6. The maximum Gasteiger partial charge on any atom is 0.254 e. The van der Waals surface area contributed by atoms with Crippen LogP contribution in [0.5, 0.6) is 0 Å². The van der Waals surface area contributed by atoms with Gasteiger partial charge in [0, 0.05) is 28.6 Å². The van der Waals surface area contributed by atoms with Crippen molar-refractivity contribution in [1.29, 1.82) is 0 Å². The number of rotatable bonds is 7. The van der Waals surface area contributed by atoms with E-state index in [-0.39, 0.29) is 23.8 Å². The first kappa shape index (κ1) is 24.5. The van der Waals surface area contributed by atoms with Crippen molar-refractivity contribution < 1.29 is 9.59 Å². The summed E-state index contributed by atoms with van der Waals surface area (Å²) in [5, 5.41) is 8.20. The van der Waals surface area contributed by atoms with Gasteiger partial charge >= 0.3 is 0 Å². The molecule has 0 atom stereocenters. The van der Waals surface area contributed by atoms with Crippen LogP contribution in [0.15, 0.2) is 54.6 Å². The van der Waals surface area contributed by atoms with E-state index >= 15 is 0 Å². The summed E-state index contributed by atoms with van der Waals surface area (Å²) in [7, 11) is 0. The minimum atomic E-state index is -0.285. The lowest BCUT2D eigenvalue weighted by Crippen LogP contribution is -2.38. The Bertz CT molecular complexity index is 1130. The van der Waals surface area contributed by atoms with Crippen LogP contribution in [0, 0.1) is 6.92 Å². The fourth-order valence-corrected chi connectivity index (χ4v) is 3.59. The fourth-order valence-electron chi connectivity index (χ4n) is 3.40. The van der Waals surface area contributed by atoms with Gasteiger partial charge in [-0.1, -0.05) is 63.1 Å². The lowest BCUT2D eigenvalue weighted by atomic mass is 9.92. The molecule has 2 amide bonds. The van der Waals surface area contributed by atoms with Crippen molar-refractivity contribution in [2.75, 3.05) is 18.4 Å². The van der Waals surface area contributed by atoms with Crippen molar-refractivity contribution in [3.05, 3.63) is 76.4 Å². The van der Waals surface area contributed by atoms with Crippen molar-refractivity contribution in [3.63, 3.8) is 0 Å². The highest BCUT2D eigenvalue weighted by Crippen LogP contribution is 2.26. The third-order valence-electron chi connectivity index (χ3n) is 5.21. The summed E-state index contributed by atoms with van der Waals surface area (Å²) in [4.78, 5) is 27.6. The molecule has 0 saturated heterocycles. The van der Waals surface area contributed by atoms with Gasteiger partial charge in [0.1, 0.15) is 12.4 Å². The zero-order valence-electron chi connectivity index (χ0n) is 19.9. The molecule has 0 aliphatic heterocycles. The number of amides is 2. The van der Waals surface area contributed by atoms with Crippen LogP contribution in [0.3, 0.4) is 0 Å². The van der Waals surface area contributed by atoms with E-state index in [9.17, 15) is 9.59 Å². The zero-order valence-corrected chi connectivity index (χ0v) is 20.6. The predicted molar refractivity (Wildman–Crippen MR) is 133 cm³/mol. The second kappa shape index (κ2) is 10.2. The molecule has 3 rings (SSSR count). The van der Waals surface area contributed by atoms with Crippen LogP contribution in [0.4, 0.5) is 5.82 Å². The molecular formula is C26H31ClN4O2. The molecule has 0 aliphatic carbocycles. The van der Waals surface area contributed by atoms with Crippen molar-refractivity contribution in [3.8, 4) is 5.69 Å². The van der Waals surface area contributed by atoms with Gasteiger partial charge in [0.15, 0.2) is 0 Å². The second-order valence-corrected chi connectivity index (χ2v) is 9.63. The van der Waals surface area contributed by atoms with Crippen molar-refractivity contribution in [1.82, 2.24) is 14.7 Å². The molecule has 0 fully saturated rings. The smallest absolute Gasteiger partial charge is 0.254 e. The number of nitrogens with one attached hydrogen (secondary N) is 1. The molecule has 0 aliphatic rings. The van der Waals surface area contributed by atoms with Gasteiger partial charge in [0.25, 0.3) is 5.91 Å². The first-order valence-corrected chi connectivity index (χ1v) is 11.5. The van der Waals surface area contributed by atoms with Crippen molar-refractivity contribution >= 4 is 29.2 Å². The van der Waals surface area contributed by atoms with E-state index in [0.717, 1.165) is 23.4 Å². The minimum Gasteiger partial charge on any atom is -0.329 e. The van der Waals surface area contributed by atoms with Crippen LogP contribution in [0.1, 0.15) is 55.7 Å². The molecule has 1 aromatic heterocycles. The topological polar surface area (TPSA) is 67.2 Å². The SMILES string of the molecule is CCCN(CC(=O)Nc1cc(C(C)(C)C)nn1-c1ccc(C)cc1)C(=O)c1cccc(Cl)c1. The number of anilines is 1. The quantitative estimate of drug-likeness (QED) is 0.491. The van der Waals surface area contributed by atoms with Gasteiger partial charge in [0.2, 0.25) is 5.91 Å². The monoisotopic (exact) mass is 466 g/mol. The number of nitrogens with zero attached hydrogens (tertiary/aromatic N) is 3. The molecule has 0 bridgehead atoms. The summed E-state index contributed by atoms with van der Waals surface area (Å²) in [5.41, 5.74) is 3.13. The number of hydrogen-bond donors (Lipinski definition) is 1. The number of carbonyl (C=O) groups excluding carboxylic acids is 2. The second-order valence-electron chi connectivity index (χ2n) is 9.20. The van der Waals surface area contributed by atoms with Gasteiger partial charge in [-0.3, -0.25) is 9.59 Å². The van der Waals surface area contributed by atoms with Gasteiger partial charge < -0.3 is 10.2 Å². The molecule has 0 radical (unpaired) electrons. The third kappa shape index (κ3) is 6.23. The highest BCUT2D eigenvalue weighted by Gasteiger charge is 2.23. The Kier molecular flexibility index (Phi) is 7.59. The first-order valence-electron chi connectivity index (χ1n) is 11.1. The molecule has 7 heteroatoms. The van der Waals surface area contributed by atoms with E-state index in [0.29, 0.717) is 22.9 Å². The zero-order chi connectivity index (χ0) is 24.2. The lowest BCUT2D eigenvalue weighted by molar-refractivity contribution is -0.116. The number of carbonyl (C=O) groups is 2. The van der Waals surface area contributed by atoms with Gasteiger partial charge in [0.05, 0.1) is 11.4 Å². The standard InChI is InChI=1S/C26H31ClN4O2/c1-6-14-30(25(33)19-8-7-9-20(27)15-19)17-24(32)28-23-16-22(26(3,4)5)29-31(23)21-12-10-18(2)11-13-21/h7-13,15-16H,6,14,17H2,1-5H3,(H,28,32). The summed E-state index contributed by atoms with van der Waals surface area (Å²) in [6.07, 6.45) is 0.731. The van der Waals surface area contributed by atoms with E-state index in [1.165, 1.54) is 4.90 Å². The molecular weight excluding hydrogens is 436 g/mol. The van der Waals surface area contributed by atoms with E-state index in [1.807, 2.05) is 44.2 Å². The fraction of sp³-hybridized carbons (Fsp3) is 0.346. The predicted octanol–water partition coefficient (Wildman–Crippen LogP) is 5.62. The van der Waals surface area contributed by atoms with Crippen LogP contribution >= 0.6 is 11.6 Å². The summed E-state index contributed by atoms with van der Waals surface area (Å²) >= 11 is 6.05. The molecule has 2 aromatic carbocycles. The Morgan fingerprint density at radius 1 is 1.09 bits per heavy atom. The van der Waals surface area contributed by atoms with Crippen LogP contribution in [0.2, 0.25) is 5.02 Å². The highest BCUT2D eigenvalue weighted by molar-refractivity contribution is 6.31. The lowest BCUT2D eigenvalue weighted by Gasteiger charge is -2.22. The van der Waals surface area contributed by atoms with Crippen LogP contribution in [-0.2, 0) is 10.2 Å². The van der Waals surface area contributed by atoms with E-state index in [1.54, 1.807) is 28.9 Å². The molecule has 0 saturated carbocycles. The molecule has 33 heavy (non-hydrogen) atoms. The van der Waals surface area contributed by atoms with E-state index in [4.69, 9.17) is 16.7 Å². The first-order chi connectivity index (χ1) is 15.6. The Labute approximate surface area is 200 Å². The molecule has 0 unspecified atom stereocenters. The van der Waals surface area contributed by atoms with Crippen molar-refractivity contribution in [2.24, 2.45) is 0 Å². The van der Waals surface area contributed by atoms with Gasteiger partial charge in [-0.15, -0.1) is 0 Å². The van der Waals surface area contributed by atoms with Gasteiger partial charge in [-0.05, 0) is 43.7 Å². The molecule has 6 nitrogen and oxygen atoms in total. The maximum absolute atomic E-state index is 13.0. The van der Waals surface area contributed by atoms with Crippen LogP contribution in [0.25, 0.3) is 5.69 Å². The third-order valence-corrected chi connectivity index (χ3v) is 5.45. The Morgan fingerprint density at radius 2 is 1.79 bits per heavy atom. The average molecular weight is 467 g/mol. The average Bonchev–Trinajstić information content (AvgIpc) is 3.17. The highest BCUT2D eigenvalue weighted by atomic mass is 35.5. The summed E-state index contributed by atoms with van der Waals surface area (Å²) in [5.74, 6) is 0.0601. The van der Waals surface area contributed by atoms with Crippen LogP contribution in [-0.4, -0.2) is 39.6 Å². The number of aryl methyl sites for hydroxylation is 1. The normalized spacial score (nSPS) is 11.3. The molecule has 1 N–H and O–H groups in total. The molecule has 0 spiro atoms. The Morgan fingerprint density at radius 3 is 2.39 bits per heavy atom. The molecule has 174 valence electrons. The Balaban J connectivity index is 1.85. The van der Waals surface area contributed by atoms with Crippen LogP contribution < -0.4 is 5.32 Å². The number of hydrogen-bond acceptors (Lipinski definition) is 3. The van der Waals surface area contributed by atoms with Crippen molar-refractivity contribution in [2.45, 2.75) is 46.5 Å². The molecule has 1 heterocycles. The number of aromatic nitrogens is 2.